The average molecular weight is 480 g/mol. The van der Waals surface area contributed by atoms with Gasteiger partial charge in [-0.2, -0.15) is 0 Å². The standard InChI is InChI=1S/C23H18ClN5OS2/c1-15-28-29-23(31-15)27-22(30)20(16-8-3-2-4-9-16)32-19-12-6-5-11-18(19)26-14-17-10-7-13-25-21(17)24/h2-14,20H,1H3,(H,27,29,30)/t20-/m0/s1. The smallest absolute Gasteiger partial charge is 0.244 e. The molecule has 4 rings (SSSR count). The van der Waals surface area contributed by atoms with Gasteiger partial charge >= 0.3 is 0 Å². The first-order valence-electron chi connectivity index (χ1n) is 9.66. The van der Waals surface area contributed by atoms with Crippen molar-refractivity contribution in [1.29, 1.82) is 0 Å². The predicted molar refractivity (Wildman–Crippen MR) is 131 cm³/mol. The van der Waals surface area contributed by atoms with Crippen molar-refractivity contribution in [2.24, 2.45) is 4.99 Å². The molecule has 0 radical (unpaired) electrons. The maximum Gasteiger partial charge on any atom is 0.244 e. The highest BCUT2D eigenvalue weighted by Gasteiger charge is 2.24. The Morgan fingerprint density at radius 3 is 2.62 bits per heavy atom. The first kappa shape index (κ1) is 22.1. The Balaban J connectivity index is 1.62. The molecule has 0 aliphatic carbocycles. The van der Waals surface area contributed by atoms with Crippen LogP contribution in [0, 0.1) is 6.92 Å². The van der Waals surface area contributed by atoms with Gasteiger partial charge in [0.15, 0.2) is 0 Å². The molecule has 0 fully saturated rings. The lowest BCUT2D eigenvalue weighted by Gasteiger charge is -2.17. The molecule has 0 saturated heterocycles. The fraction of sp³-hybridized carbons (Fsp3) is 0.0870. The highest BCUT2D eigenvalue weighted by molar-refractivity contribution is 8.00. The number of thioether (sulfide) groups is 1. The van der Waals surface area contributed by atoms with Crippen molar-refractivity contribution in [3.63, 3.8) is 0 Å². The lowest BCUT2D eigenvalue weighted by Crippen LogP contribution is -2.19. The minimum atomic E-state index is -0.501. The maximum atomic E-state index is 13.2. The highest BCUT2D eigenvalue weighted by Crippen LogP contribution is 2.40. The van der Waals surface area contributed by atoms with E-state index in [1.165, 1.54) is 23.1 Å². The van der Waals surface area contributed by atoms with Gasteiger partial charge in [-0.3, -0.25) is 15.1 Å². The van der Waals surface area contributed by atoms with E-state index in [0.717, 1.165) is 26.7 Å². The zero-order chi connectivity index (χ0) is 22.3. The summed E-state index contributed by atoms with van der Waals surface area (Å²) in [6, 6.07) is 20.9. The van der Waals surface area contributed by atoms with Crippen LogP contribution in [0.2, 0.25) is 5.15 Å². The third-order valence-electron chi connectivity index (χ3n) is 4.34. The van der Waals surface area contributed by atoms with E-state index >= 15 is 0 Å². The van der Waals surface area contributed by atoms with Crippen LogP contribution < -0.4 is 5.32 Å². The van der Waals surface area contributed by atoms with Crippen LogP contribution in [0.4, 0.5) is 10.8 Å². The van der Waals surface area contributed by atoms with Crippen molar-refractivity contribution in [2.75, 3.05) is 5.32 Å². The molecular formula is C23H18ClN5OS2. The quantitative estimate of drug-likeness (QED) is 0.196. The number of hydrogen-bond acceptors (Lipinski definition) is 7. The number of hydrogen-bond donors (Lipinski definition) is 1. The van der Waals surface area contributed by atoms with E-state index in [1.54, 1.807) is 18.5 Å². The molecule has 0 saturated carbocycles. The van der Waals surface area contributed by atoms with Gasteiger partial charge < -0.3 is 0 Å². The topological polar surface area (TPSA) is 80.1 Å². The second-order valence-electron chi connectivity index (χ2n) is 6.63. The molecule has 9 heteroatoms. The van der Waals surface area contributed by atoms with Gasteiger partial charge in [0.25, 0.3) is 0 Å². The molecule has 1 amide bonds. The maximum absolute atomic E-state index is 13.2. The summed E-state index contributed by atoms with van der Waals surface area (Å²) in [6.07, 6.45) is 3.31. The number of aliphatic imine (C=N–C) groups is 1. The number of amides is 1. The normalized spacial score (nSPS) is 12.1. The van der Waals surface area contributed by atoms with Crippen LogP contribution in [-0.4, -0.2) is 27.3 Å². The third-order valence-corrected chi connectivity index (χ3v) is 6.73. The molecule has 2 aromatic carbocycles. The van der Waals surface area contributed by atoms with Gasteiger partial charge in [0.1, 0.15) is 15.4 Å². The van der Waals surface area contributed by atoms with E-state index < -0.39 is 5.25 Å². The number of nitrogens with one attached hydrogen (secondary N) is 1. The van der Waals surface area contributed by atoms with Crippen LogP contribution in [0.1, 0.15) is 21.4 Å². The first-order valence-corrected chi connectivity index (χ1v) is 11.7. The summed E-state index contributed by atoms with van der Waals surface area (Å²) >= 11 is 8.91. The van der Waals surface area contributed by atoms with Gasteiger partial charge in [-0.25, -0.2) is 4.98 Å². The molecule has 0 aliphatic heterocycles. The summed E-state index contributed by atoms with van der Waals surface area (Å²) in [5, 5.41) is 12.0. The van der Waals surface area contributed by atoms with E-state index in [9.17, 15) is 4.79 Å². The minimum Gasteiger partial charge on any atom is -0.299 e. The molecular weight excluding hydrogens is 462 g/mol. The molecule has 2 heterocycles. The Morgan fingerprint density at radius 1 is 1.09 bits per heavy atom. The number of carbonyl (C=O) groups is 1. The lowest BCUT2D eigenvalue weighted by molar-refractivity contribution is -0.115. The number of carbonyl (C=O) groups excluding carboxylic acids is 1. The van der Waals surface area contributed by atoms with Crippen LogP contribution >= 0.6 is 34.7 Å². The number of pyridine rings is 1. The molecule has 0 bridgehead atoms. The number of aromatic nitrogens is 3. The Kier molecular flexibility index (Phi) is 7.26. The number of nitrogens with zero attached hydrogens (tertiary/aromatic N) is 4. The summed E-state index contributed by atoms with van der Waals surface area (Å²) in [6.45, 7) is 1.85. The third kappa shape index (κ3) is 5.59. The van der Waals surface area contributed by atoms with Crippen molar-refractivity contribution >= 4 is 57.6 Å². The molecule has 32 heavy (non-hydrogen) atoms. The van der Waals surface area contributed by atoms with Crippen molar-refractivity contribution in [2.45, 2.75) is 17.1 Å². The Hall–Kier alpha value is -3.07. The monoisotopic (exact) mass is 479 g/mol. The van der Waals surface area contributed by atoms with Crippen molar-refractivity contribution in [3.05, 3.63) is 94.2 Å². The van der Waals surface area contributed by atoms with Gasteiger partial charge in [0, 0.05) is 22.9 Å². The minimum absolute atomic E-state index is 0.175. The molecule has 6 nitrogen and oxygen atoms in total. The zero-order valence-corrected chi connectivity index (χ0v) is 19.4. The average Bonchev–Trinajstić information content (AvgIpc) is 3.22. The Labute approximate surface area is 198 Å². The SMILES string of the molecule is Cc1nnc(NC(=O)[C@@H](Sc2ccccc2N=Cc2cccnc2Cl)c2ccccc2)s1. The molecule has 0 unspecified atom stereocenters. The van der Waals surface area contributed by atoms with Crippen molar-refractivity contribution in [1.82, 2.24) is 15.2 Å². The fourth-order valence-electron chi connectivity index (χ4n) is 2.84. The van der Waals surface area contributed by atoms with Crippen LogP contribution in [0.15, 0.2) is 82.8 Å². The number of rotatable bonds is 7. The molecule has 1 N–H and O–H groups in total. The number of anilines is 1. The molecule has 160 valence electrons. The molecule has 2 aromatic heterocycles. The molecule has 1 atom stereocenters. The highest BCUT2D eigenvalue weighted by atomic mass is 35.5. The number of aryl methyl sites for hydroxylation is 1. The van der Waals surface area contributed by atoms with Crippen LogP contribution in [0.3, 0.4) is 0 Å². The van der Waals surface area contributed by atoms with Crippen LogP contribution in [0.25, 0.3) is 0 Å². The van der Waals surface area contributed by atoms with Gasteiger partial charge in [0.2, 0.25) is 11.0 Å². The second kappa shape index (κ2) is 10.5. The van der Waals surface area contributed by atoms with Gasteiger partial charge in [0.05, 0.1) is 5.69 Å². The first-order chi connectivity index (χ1) is 15.6. The largest absolute Gasteiger partial charge is 0.299 e. The van der Waals surface area contributed by atoms with E-state index in [0.29, 0.717) is 10.3 Å². The van der Waals surface area contributed by atoms with E-state index in [4.69, 9.17) is 11.6 Å². The van der Waals surface area contributed by atoms with Gasteiger partial charge in [-0.15, -0.1) is 22.0 Å². The zero-order valence-electron chi connectivity index (χ0n) is 17.0. The lowest BCUT2D eigenvalue weighted by atomic mass is 10.1. The Bertz CT molecular complexity index is 1250. The van der Waals surface area contributed by atoms with E-state index in [-0.39, 0.29) is 5.91 Å². The number of para-hydroxylation sites is 1. The fourth-order valence-corrected chi connectivity index (χ4v) is 4.72. The van der Waals surface area contributed by atoms with Crippen molar-refractivity contribution < 1.29 is 4.79 Å². The summed E-state index contributed by atoms with van der Waals surface area (Å²) in [5.41, 5.74) is 2.33. The van der Waals surface area contributed by atoms with Gasteiger partial charge in [-0.1, -0.05) is 65.4 Å². The molecule has 4 aromatic rings. The summed E-state index contributed by atoms with van der Waals surface area (Å²) < 4.78 is 0. The summed E-state index contributed by atoms with van der Waals surface area (Å²) in [4.78, 5) is 22.7. The Morgan fingerprint density at radius 2 is 1.88 bits per heavy atom. The number of halogens is 1. The van der Waals surface area contributed by atoms with Gasteiger partial charge in [-0.05, 0) is 36.8 Å². The van der Waals surface area contributed by atoms with E-state index in [1.807, 2.05) is 67.6 Å². The summed E-state index contributed by atoms with van der Waals surface area (Å²) in [7, 11) is 0. The van der Waals surface area contributed by atoms with E-state index in [2.05, 4.69) is 25.5 Å². The van der Waals surface area contributed by atoms with Crippen LogP contribution in [-0.2, 0) is 4.79 Å². The van der Waals surface area contributed by atoms with Crippen LogP contribution in [0.5, 0.6) is 0 Å². The second-order valence-corrected chi connectivity index (χ2v) is 9.32. The summed E-state index contributed by atoms with van der Waals surface area (Å²) in [5.74, 6) is -0.175. The van der Waals surface area contributed by atoms with Crippen molar-refractivity contribution in [3.8, 4) is 0 Å². The molecule has 0 aliphatic rings. The predicted octanol–water partition coefficient (Wildman–Crippen LogP) is 6.12. The number of benzene rings is 2. The molecule has 0 spiro atoms.